The smallest absolute Gasteiger partial charge is 0.357 e. The Kier molecular flexibility index (Phi) is 2.47. The second-order valence-corrected chi connectivity index (χ2v) is 4.74. The molecule has 0 bridgehead atoms. The van der Waals surface area contributed by atoms with Crippen LogP contribution in [-0.4, -0.2) is 30.8 Å². The molecule has 1 fully saturated rings. The van der Waals surface area contributed by atoms with Crippen LogP contribution >= 0.6 is 11.8 Å². The van der Waals surface area contributed by atoms with E-state index in [1.807, 2.05) is 0 Å². The molecule has 0 saturated heterocycles. The zero-order valence-corrected chi connectivity index (χ0v) is 9.81. The van der Waals surface area contributed by atoms with Crippen molar-refractivity contribution in [2.24, 2.45) is 0 Å². The molecule has 0 aliphatic heterocycles. The molecule has 94 valence electrons. The second kappa shape index (κ2) is 4.02. The fourth-order valence-electron chi connectivity index (χ4n) is 1.50. The van der Waals surface area contributed by atoms with E-state index < -0.39 is 5.97 Å². The zero-order valence-electron chi connectivity index (χ0n) is 8.99. The van der Waals surface area contributed by atoms with Gasteiger partial charge in [-0.05, 0) is 12.8 Å². The maximum atomic E-state index is 11.5. The molecule has 0 spiro atoms. The Labute approximate surface area is 104 Å². The highest BCUT2D eigenvalue weighted by Gasteiger charge is 2.29. The molecule has 2 aromatic heterocycles. The van der Waals surface area contributed by atoms with Gasteiger partial charge >= 0.3 is 11.7 Å². The van der Waals surface area contributed by atoms with Crippen molar-refractivity contribution in [2.75, 3.05) is 0 Å². The van der Waals surface area contributed by atoms with Gasteiger partial charge in [0.2, 0.25) is 5.16 Å². The minimum atomic E-state index is -1.16. The third-order valence-corrected chi connectivity index (χ3v) is 3.30. The summed E-state index contributed by atoms with van der Waals surface area (Å²) in [6, 6.07) is 0.174. The van der Waals surface area contributed by atoms with Gasteiger partial charge in [-0.1, -0.05) is 0 Å². The summed E-state index contributed by atoms with van der Waals surface area (Å²) in [5.41, 5.74) is -0.446. The van der Waals surface area contributed by atoms with Crippen molar-refractivity contribution in [3.8, 4) is 0 Å². The number of nitrogens with one attached hydrogen (secondary N) is 1. The minimum absolute atomic E-state index is 0.147. The predicted molar refractivity (Wildman–Crippen MR) is 58.7 cm³/mol. The number of rotatable bonds is 4. The number of aromatic carboxylic acids is 1. The summed E-state index contributed by atoms with van der Waals surface area (Å²) in [5, 5.41) is 15.5. The number of oxazole rings is 1. The highest BCUT2D eigenvalue weighted by atomic mass is 32.2. The molecule has 0 aromatic carbocycles. The van der Waals surface area contributed by atoms with Gasteiger partial charge in [0.05, 0.1) is 0 Å². The Bertz CT molecular complexity index is 654. The number of hydrogen-bond acceptors (Lipinski definition) is 6. The van der Waals surface area contributed by atoms with Crippen molar-refractivity contribution in [2.45, 2.75) is 29.3 Å². The maximum absolute atomic E-state index is 11.5. The van der Waals surface area contributed by atoms with Crippen LogP contribution in [0.5, 0.6) is 0 Å². The summed E-state index contributed by atoms with van der Waals surface area (Å²) in [4.78, 5) is 25.9. The van der Waals surface area contributed by atoms with E-state index in [1.54, 1.807) is 0 Å². The summed E-state index contributed by atoms with van der Waals surface area (Å²) in [5.74, 6) is -1.16. The van der Waals surface area contributed by atoms with E-state index in [1.165, 1.54) is 4.57 Å². The number of aromatic nitrogens is 4. The molecule has 2 N–H and O–H groups in total. The molecule has 2 heterocycles. The first-order valence-corrected chi connectivity index (χ1v) is 6.00. The van der Waals surface area contributed by atoms with Crippen LogP contribution in [0.2, 0.25) is 0 Å². The van der Waals surface area contributed by atoms with E-state index in [-0.39, 0.29) is 22.6 Å². The molecule has 1 aliphatic carbocycles. The number of hydrogen-bond donors (Lipinski definition) is 2. The largest absolute Gasteiger partial charge is 0.476 e. The van der Waals surface area contributed by atoms with Gasteiger partial charge in [-0.2, -0.15) is 4.98 Å². The molecule has 18 heavy (non-hydrogen) atoms. The van der Waals surface area contributed by atoms with Crippen molar-refractivity contribution in [3.63, 3.8) is 0 Å². The molecule has 3 rings (SSSR count). The van der Waals surface area contributed by atoms with Crippen LogP contribution < -0.4 is 5.69 Å². The van der Waals surface area contributed by atoms with Gasteiger partial charge in [0, 0.05) is 17.8 Å². The van der Waals surface area contributed by atoms with Crippen molar-refractivity contribution >= 4 is 17.7 Å². The lowest BCUT2D eigenvalue weighted by atomic mass is 10.5. The third kappa shape index (κ3) is 1.92. The van der Waals surface area contributed by atoms with Gasteiger partial charge in [-0.15, -0.1) is 5.10 Å². The van der Waals surface area contributed by atoms with E-state index >= 15 is 0 Å². The van der Waals surface area contributed by atoms with Gasteiger partial charge in [0.1, 0.15) is 6.26 Å². The van der Waals surface area contributed by atoms with Crippen molar-refractivity contribution in [1.29, 1.82) is 0 Å². The molecule has 1 aliphatic rings. The summed E-state index contributed by atoms with van der Waals surface area (Å²) in [7, 11) is 0. The zero-order chi connectivity index (χ0) is 12.7. The number of carboxylic acids is 1. The first kappa shape index (κ1) is 11.1. The SMILES string of the molecule is O=C(O)c1coc(Sc2n[nH]c(=O)n2C2CC2)n1. The summed E-state index contributed by atoms with van der Waals surface area (Å²) in [6.07, 6.45) is 2.94. The lowest BCUT2D eigenvalue weighted by Crippen LogP contribution is -2.16. The summed E-state index contributed by atoms with van der Waals surface area (Å²) in [6.45, 7) is 0. The van der Waals surface area contributed by atoms with Crippen LogP contribution in [0.1, 0.15) is 29.4 Å². The van der Waals surface area contributed by atoms with Crippen LogP contribution in [0.25, 0.3) is 0 Å². The van der Waals surface area contributed by atoms with Crippen molar-refractivity contribution < 1.29 is 14.3 Å². The standard InChI is InChI=1S/C9H8N4O4S/c14-6(15)5-3-17-9(10-5)18-8-12-11-7(16)13(8)4-1-2-4/h3-4H,1-2H2,(H,11,16)(H,14,15). The normalized spacial score (nSPS) is 14.9. The van der Waals surface area contributed by atoms with Crippen LogP contribution in [0, 0.1) is 0 Å². The van der Waals surface area contributed by atoms with E-state index in [2.05, 4.69) is 15.2 Å². The fraction of sp³-hybridized carbons (Fsp3) is 0.333. The molecular weight excluding hydrogens is 260 g/mol. The van der Waals surface area contributed by atoms with E-state index in [4.69, 9.17) is 9.52 Å². The molecule has 2 aromatic rings. The van der Waals surface area contributed by atoms with E-state index in [0.29, 0.717) is 5.16 Å². The first-order chi connectivity index (χ1) is 8.65. The summed E-state index contributed by atoms with van der Waals surface area (Å²) >= 11 is 1.02. The Morgan fingerprint density at radius 2 is 2.39 bits per heavy atom. The van der Waals surface area contributed by atoms with Gasteiger partial charge < -0.3 is 9.52 Å². The molecule has 0 amide bonds. The minimum Gasteiger partial charge on any atom is -0.476 e. The monoisotopic (exact) mass is 268 g/mol. The lowest BCUT2D eigenvalue weighted by Gasteiger charge is -1.99. The Morgan fingerprint density at radius 1 is 1.61 bits per heavy atom. The Morgan fingerprint density at radius 3 is 3.00 bits per heavy atom. The maximum Gasteiger partial charge on any atom is 0.357 e. The van der Waals surface area contributed by atoms with Gasteiger partial charge in [-0.3, -0.25) is 4.57 Å². The molecular formula is C9H8N4O4S. The van der Waals surface area contributed by atoms with E-state index in [0.717, 1.165) is 30.9 Å². The summed E-state index contributed by atoms with van der Waals surface area (Å²) < 4.78 is 6.53. The topological polar surface area (TPSA) is 114 Å². The first-order valence-electron chi connectivity index (χ1n) is 5.18. The van der Waals surface area contributed by atoms with Crippen molar-refractivity contribution in [1.82, 2.24) is 19.7 Å². The number of carboxylic acid groups (broad SMARTS) is 1. The number of H-pyrrole nitrogens is 1. The molecule has 0 radical (unpaired) electrons. The highest BCUT2D eigenvalue weighted by molar-refractivity contribution is 7.99. The molecule has 0 unspecified atom stereocenters. The molecule has 9 heteroatoms. The Balaban J connectivity index is 1.87. The second-order valence-electron chi connectivity index (χ2n) is 3.82. The fourth-order valence-corrected chi connectivity index (χ4v) is 2.32. The lowest BCUT2D eigenvalue weighted by molar-refractivity contribution is 0.0690. The molecule has 1 saturated carbocycles. The third-order valence-electron chi connectivity index (χ3n) is 2.46. The highest BCUT2D eigenvalue weighted by Crippen LogP contribution is 2.37. The van der Waals surface area contributed by atoms with Crippen LogP contribution in [0.3, 0.4) is 0 Å². The van der Waals surface area contributed by atoms with Crippen LogP contribution in [-0.2, 0) is 0 Å². The van der Waals surface area contributed by atoms with E-state index in [9.17, 15) is 9.59 Å². The quantitative estimate of drug-likeness (QED) is 0.840. The van der Waals surface area contributed by atoms with Crippen LogP contribution in [0.4, 0.5) is 0 Å². The van der Waals surface area contributed by atoms with Gasteiger partial charge in [-0.25, -0.2) is 14.7 Å². The molecule has 8 nitrogen and oxygen atoms in total. The van der Waals surface area contributed by atoms with Gasteiger partial charge in [0.15, 0.2) is 5.69 Å². The van der Waals surface area contributed by atoms with Crippen molar-refractivity contribution in [3.05, 3.63) is 22.4 Å². The van der Waals surface area contributed by atoms with Gasteiger partial charge in [0.25, 0.3) is 5.22 Å². The number of nitrogens with zero attached hydrogens (tertiary/aromatic N) is 3. The number of aromatic amines is 1. The average molecular weight is 268 g/mol. The molecule has 0 atom stereocenters. The predicted octanol–water partition coefficient (Wildman–Crippen LogP) is 0.744. The van der Waals surface area contributed by atoms with Crippen LogP contribution in [0.15, 0.2) is 25.9 Å². The Hall–Kier alpha value is -2.03. The number of carbonyl (C=O) groups is 1. The average Bonchev–Trinajstić information content (AvgIpc) is 2.93.